The van der Waals surface area contributed by atoms with E-state index in [1.807, 2.05) is 0 Å². The van der Waals surface area contributed by atoms with Crippen LogP contribution in [0.15, 0.2) is 6.20 Å². The lowest BCUT2D eigenvalue weighted by atomic mass is 10.4. The van der Waals surface area contributed by atoms with E-state index in [1.165, 1.54) is 0 Å². The van der Waals surface area contributed by atoms with E-state index in [0.29, 0.717) is 13.1 Å². The van der Waals surface area contributed by atoms with E-state index in [9.17, 15) is 19.7 Å². The summed E-state index contributed by atoms with van der Waals surface area (Å²) in [7, 11) is 0. The summed E-state index contributed by atoms with van der Waals surface area (Å²) in [5.41, 5.74) is -1.26. The van der Waals surface area contributed by atoms with E-state index in [1.54, 1.807) is 4.90 Å². The first kappa shape index (κ1) is 13.0. The van der Waals surface area contributed by atoms with Crippen LogP contribution >= 0.6 is 0 Å². The summed E-state index contributed by atoms with van der Waals surface area (Å²) in [6.45, 7) is 1.14. The smallest absolute Gasteiger partial charge is 0.363 e. The van der Waals surface area contributed by atoms with Gasteiger partial charge in [0.25, 0.3) is 0 Å². The number of nitrogens with zero attached hydrogens (tertiary/aromatic N) is 4. The number of aromatic carboxylic acids is 1. The summed E-state index contributed by atoms with van der Waals surface area (Å²) < 4.78 is 1.00. The molecular formula is C10H12N4O5. The number of aromatic nitrogens is 2. The molecule has 1 saturated heterocycles. The minimum Gasteiger partial charge on any atom is -0.476 e. The zero-order chi connectivity index (χ0) is 14.0. The van der Waals surface area contributed by atoms with Crippen molar-refractivity contribution < 1.29 is 19.6 Å². The molecule has 1 aromatic rings. The van der Waals surface area contributed by atoms with Gasteiger partial charge in [-0.2, -0.15) is 5.10 Å². The molecule has 0 unspecified atom stereocenters. The lowest BCUT2D eigenvalue weighted by Crippen LogP contribution is -2.31. The molecule has 0 saturated carbocycles. The minimum atomic E-state index is -1.49. The van der Waals surface area contributed by atoms with Crippen LogP contribution in [0.3, 0.4) is 0 Å². The molecular weight excluding hydrogens is 256 g/mol. The molecule has 2 rings (SSSR count). The van der Waals surface area contributed by atoms with Crippen LogP contribution in [0.5, 0.6) is 0 Å². The number of hydrogen-bond acceptors (Lipinski definition) is 5. The topological polar surface area (TPSA) is 119 Å². The van der Waals surface area contributed by atoms with Gasteiger partial charge in [0.2, 0.25) is 11.6 Å². The summed E-state index contributed by atoms with van der Waals surface area (Å²) in [5, 5.41) is 23.0. The summed E-state index contributed by atoms with van der Waals surface area (Å²) in [6, 6.07) is 0. The van der Waals surface area contributed by atoms with Crippen molar-refractivity contribution in [1.82, 2.24) is 14.7 Å². The van der Waals surface area contributed by atoms with Crippen molar-refractivity contribution in [3.8, 4) is 0 Å². The number of carbonyl (C=O) groups is 2. The predicted molar refractivity (Wildman–Crippen MR) is 61.7 cm³/mol. The molecule has 1 amide bonds. The standard InChI is InChI=1S/C10H12N4O5/c15-8(12-3-1-2-4-12)6-13-5-7(14(18)19)9(11-13)10(16)17/h5H,1-4,6H2,(H,16,17). The maximum atomic E-state index is 11.8. The Labute approximate surface area is 107 Å². The third-order valence-corrected chi connectivity index (χ3v) is 2.90. The molecule has 0 radical (unpaired) electrons. The normalized spacial score (nSPS) is 14.6. The van der Waals surface area contributed by atoms with E-state index in [-0.39, 0.29) is 12.5 Å². The van der Waals surface area contributed by atoms with E-state index >= 15 is 0 Å². The Morgan fingerprint density at radius 2 is 2.05 bits per heavy atom. The highest BCUT2D eigenvalue weighted by Crippen LogP contribution is 2.17. The second-order valence-corrected chi connectivity index (χ2v) is 4.21. The largest absolute Gasteiger partial charge is 0.476 e. The predicted octanol–water partition coefficient (Wildman–Crippen LogP) is 0.112. The quantitative estimate of drug-likeness (QED) is 0.611. The Hall–Kier alpha value is -2.45. The third-order valence-electron chi connectivity index (χ3n) is 2.90. The first-order valence-electron chi connectivity index (χ1n) is 5.72. The van der Waals surface area contributed by atoms with Crippen molar-refractivity contribution in [1.29, 1.82) is 0 Å². The van der Waals surface area contributed by atoms with Gasteiger partial charge in [-0.15, -0.1) is 0 Å². The molecule has 2 heterocycles. The molecule has 0 aliphatic carbocycles. The molecule has 1 N–H and O–H groups in total. The zero-order valence-electron chi connectivity index (χ0n) is 9.98. The van der Waals surface area contributed by atoms with Crippen molar-refractivity contribution >= 4 is 17.6 Å². The highest BCUT2D eigenvalue weighted by molar-refractivity contribution is 5.90. The Balaban J connectivity index is 2.16. The molecule has 0 bridgehead atoms. The summed E-state index contributed by atoms with van der Waals surface area (Å²) in [5.74, 6) is -1.70. The number of carboxylic acids is 1. The fourth-order valence-electron chi connectivity index (χ4n) is 1.98. The Bertz CT molecular complexity index is 501. The second kappa shape index (κ2) is 5.04. The molecule has 102 valence electrons. The highest BCUT2D eigenvalue weighted by atomic mass is 16.6. The molecule has 9 heteroatoms. The van der Waals surface area contributed by atoms with Gasteiger partial charge in [0.15, 0.2) is 0 Å². The summed E-state index contributed by atoms with van der Waals surface area (Å²) >= 11 is 0. The Morgan fingerprint density at radius 3 is 2.53 bits per heavy atom. The van der Waals surface area contributed by atoms with Crippen LogP contribution in [0, 0.1) is 10.1 Å². The molecule has 1 aliphatic rings. The maximum Gasteiger partial charge on any atom is 0.363 e. The molecule has 0 atom stereocenters. The van der Waals surface area contributed by atoms with Crippen LogP contribution in [0.1, 0.15) is 23.3 Å². The number of carboxylic acid groups (broad SMARTS) is 1. The first-order valence-corrected chi connectivity index (χ1v) is 5.72. The van der Waals surface area contributed by atoms with Crippen LogP contribution < -0.4 is 0 Å². The maximum absolute atomic E-state index is 11.8. The zero-order valence-corrected chi connectivity index (χ0v) is 9.98. The van der Waals surface area contributed by atoms with E-state index in [2.05, 4.69) is 5.10 Å². The Kier molecular flexibility index (Phi) is 3.45. The lowest BCUT2D eigenvalue weighted by Gasteiger charge is -2.14. The van der Waals surface area contributed by atoms with Crippen molar-refractivity contribution in [2.45, 2.75) is 19.4 Å². The van der Waals surface area contributed by atoms with E-state index in [0.717, 1.165) is 23.7 Å². The average Bonchev–Trinajstić information content (AvgIpc) is 2.97. The number of hydrogen-bond donors (Lipinski definition) is 1. The van der Waals surface area contributed by atoms with Gasteiger partial charge in [-0.25, -0.2) is 4.79 Å². The van der Waals surface area contributed by atoms with Crippen LogP contribution in [-0.2, 0) is 11.3 Å². The highest BCUT2D eigenvalue weighted by Gasteiger charge is 2.26. The van der Waals surface area contributed by atoms with Gasteiger partial charge in [-0.3, -0.25) is 19.6 Å². The average molecular weight is 268 g/mol. The van der Waals surface area contributed by atoms with Crippen LogP contribution in [-0.4, -0.2) is 49.7 Å². The SMILES string of the molecule is O=C(O)c1nn(CC(=O)N2CCCC2)cc1[N+](=O)[O-]. The van der Waals surface area contributed by atoms with E-state index in [4.69, 9.17) is 5.11 Å². The third kappa shape index (κ3) is 2.69. The van der Waals surface area contributed by atoms with Gasteiger partial charge in [0.05, 0.1) is 4.92 Å². The molecule has 0 spiro atoms. The van der Waals surface area contributed by atoms with Gasteiger partial charge in [0, 0.05) is 13.1 Å². The van der Waals surface area contributed by atoms with Gasteiger partial charge in [-0.05, 0) is 12.8 Å². The number of likely N-dealkylation sites (tertiary alicyclic amines) is 1. The van der Waals surface area contributed by atoms with Gasteiger partial charge in [0.1, 0.15) is 12.7 Å². The van der Waals surface area contributed by atoms with Gasteiger partial charge >= 0.3 is 11.7 Å². The van der Waals surface area contributed by atoms with Crippen molar-refractivity contribution in [2.75, 3.05) is 13.1 Å². The Morgan fingerprint density at radius 1 is 1.42 bits per heavy atom. The number of rotatable bonds is 4. The lowest BCUT2D eigenvalue weighted by molar-refractivity contribution is -0.385. The number of nitro groups is 1. The van der Waals surface area contributed by atoms with Gasteiger partial charge in [-0.1, -0.05) is 0 Å². The molecule has 1 aliphatic heterocycles. The van der Waals surface area contributed by atoms with Crippen molar-refractivity contribution in [3.63, 3.8) is 0 Å². The molecule has 19 heavy (non-hydrogen) atoms. The number of carbonyl (C=O) groups excluding carboxylic acids is 1. The van der Waals surface area contributed by atoms with Crippen LogP contribution in [0.4, 0.5) is 5.69 Å². The number of amides is 1. The van der Waals surface area contributed by atoms with Crippen LogP contribution in [0.25, 0.3) is 0 Å². The summed E-state index contributed by atoms with van der Waals surface area (Å²) in [4.78, 5) is 34.1. The molecule has 1 fully saturated rings. The summed E-state index contributed by atoms with van der Waals surface area (Å²) in [6.07, 6.45) is 2.84. The fourth-order valence-corrected chi connectivity index (χ4v) is 1.98. The molecule has 9 nitrogen and oxygen atoms in total. The fraction of sp³-hybridized carbons (Fsp3) is 0.500. The first-order chi connectivity index (χ1) is 8.99. The second-order valence-electron chi connectivity index (χ2n) is 4.21. The van der Waals surface area contributed by atoms with Crippen molar-refractivity contribution in [2.24, 2.45) is 0 Å². The van der Waals surface area contributed by atoms with Gasteiger partial charge < -0.3 is 10.0 Å². The van der Waals surface area contributed by atoms with Crippen molar-refractivity contribution in [3.05, 3.63) is 22.0 Å². The minimum absolute atomic E-state index is 0.186. The molecule has 1 aromatic heterocycles. The monoisotopic (exact) mass is 268 g/mol. The van der Waals surface area contributed by atoms with Crippen LogP contribution in [0.2, 0.25) is 0 Å². The van der Waals surface area contributed by atoms with E-state index < -0.39 is 22.3 Å². The molecule has 0 aromatic carbocycles.